The van der Waals surface area contributed by atoms with Crippen molar-refractivity contribution >= 4 is 21.8 Å². The zero-order valence-corrected chi connectivity index (χ0v) is 12.8. The molecule has 0 bridgehead atoms. The van der Waals surface area contributed by atoms with Gasteiger partial charge in [-0.3, -0.25) is 4.79 Å². The molecule has 2 atom stereocenters. The van der Waals surface area contributed by atoms with Gasteiger partial charge in [0.15, 0.2) is 0 Å². The van der Waals surface area contributed by atoms with E-state index in [0.29, 0.717) is 10.0 Å². The van der Waals surface area contributed by atoms with Crippen LogP contribution in [0.2, 0.25) is 0 Å². The van der Waals surface area contributed by atoms with Gasteiger partial charge in [-0.05, 0) is 40.5 Å². The smallest absolute Gasteiger partial charge is 0.251 e. The molecule has 2 rings (SSSR count). The molecule has 2 unspecified atom stereocenters. The van der Waals surface area contributed by atoms with Crippen LogP contribution in [0.5, 0.6) is 0 Å². The Hall–Kier alpha value is -0.940. The molecule has 104 valence electrons. The molecular formula is C14H17BrFNO2. The van der Waals surface area contributed by atoms with E-state index in [1.54, 1.807) is 13.2 Å². The SMILES string of the molecule is COC1CC(NC(=O)c2ccc(Br)c(F)c2)C1(C)C. The quantitative estimate of drug-likeness (QED) is 0.925. The maximum atomic E-state index is 13.4. The van der Waals surface area contributed by atoms with Crippen molar-refractivity contribution in [3.63, 3.8) is 0 Å². The Bertz CT molecular complexity index is 504. The van der Waals surface area contributed by atoms with E-state index >= 15 is 0 Å². The molecule has 0 saturated heterocycles. The van der Waals surface area contributed by atoms with Crippen LogP contribution in [0.15, 0.2) is 22.7 Å². The van der Waals surface area contributed by atoms with Gasteiger partial charge in [-0.25, -0.2) is 4.39 Å². The van der Waals surface area contributed by atoms with Crippen molar-refractivity contribution < 1.29 is 13.9 Å². The highest BCUT2D eigenvalue weighted by Crippen LogP contribution is 2.42. The topological polar surface area (TPSA) is 38.3 Å². The second-order valence-corrected chi connectivity index (χ2v) is 6.29. The molecule has 1 fully saturated rings. The molecule has 0 radical (unpaired) electrons. The van der Waals surface area contributed by atoms with Gasteiger partial charge in [-0.15, -0.1) is 0 Å². The Balaban J connectivity index is 2.04. The van der Waals surface area contributed by atoms with Crippen LogP contribution in [0.25, 0.3) is 0 Å². The fraction of sp³-hybridized carbons (Fsp3) is 0.500. The number of hydrogen-bond donors (Lipinski definition) is 1. The summed E-state index contributed by atoms with van der Waals surface area (Å²) in [5.74, 6) is -0.686. The van der Waals surface area contributed by atoms with Crippen LogP contribution in [-0.2, 0) is 4.74 Å². The summed E-state index contributed by atoms with van der Waals surface area (Å²) < 4.78 is 19.1. The van der Waals surface area contributed by atoms with Gasteiger partial charge in [0.1, 0.15) is 5.82 Å². The number of benzene rings is 1. The number of ether oxygens (including phenoxy) is 1. The normalized spacial score (nSPS) is 24.7. The zero-order chi connectivity index (χ0) is 14.2. The lowest BCUT2D eigenvalue weighted by Gasteiger charge is -2.51. The lowest BCUT2D eigenvalue weighted by Crippen LogP contribution is -2.61. The predicted molar refractivity (Wildman–Crippen MR) is 74.5 cm³/mol. The lowest BCUT2D eigenvalue weighted by atomic mass is 9.64. The van der Waals surface area contributed by atoms with Gasteiger partial charge in [-0.1, -0.05) is 13.8 Å². The summed E-state index contributed by atoms with van der Waals surface area (Å²) in [6.07, 6.45) is 0.938. The number of carbonyl (C=O) groups is 1. The van der Waals surface area contributed by atoms with E-state index in [2.05, 4.69) is 35.1 Å². The lowest BCUT2D eigenvalue weighted by molar-refractivity contribution is -0.0942. The second kappa shape index (κ2) is 5.21. The fourth-order valence-corrected chi connectivity index (χ4v) is 2.66. The molecule has 0 aromatic heterocycles. The molecule has 1 aliphatic rings. The summed E-state index contributed by atoms with van der Waals surface area (Å²) in [6, 6.07) is 4.42. The summed E-state index contributed by atoms with van der Waals surface area (Å²) in [7, 11) is 1.68. The Kier molecular flexibility index (Phi) is 3.97. The minimum Gasteiger partial charge on any atom is -0.381 e. The Morgan fingerprint density at radius 3 is 2.74 bits per heavy atom. The van der Waals surface area contributed by atoms with Crippen LogP contribution in [0.4, 0.5) is 4.39 Å². The van der Waals surface area contributed by atoms with Crippen LogP contribution >= 0.6 is 15.9 Å². The summed E-state index contributed by atoms with van der Waals surface area (Å²) in [4.78, 5) is 12.1. The van der Waals surface area contributed by atoms with Crippen LogP contribution in [0.3, 0.4) is 0 Å². The third-order valence-corrected chi connectivity index (χ3v) is 4.59. The van der Waals surface area contributed by atoms with E-state index < -0.39 is 5.82 Å². The van der Waals surface area contributed by atoms with Crippen molar-refractivity contribution in [2.45, 2.75) is 32.4 Å². The molecule has 1 aromatic carbocycles. The molecular weight excluding hydrogens is 313 g/mol. The van der Waals surface area contributed by atoms with E-state index in [9.17, 15) is 9.18 Å². The van der Waals surface area contributed by atoms with E-state index in [1.165, 1.54) is 12.1 Å². The highest BCUT2D eigenvalue weighted by molar-refractivity contribution is 9.10. The van der Waals surface area contributed by atoms with E-state index in [4.69, 9.17) is 4.74 Å². The van der Waals surface area contributed by atoms with Crippen molar-refractivity contribution in [2.24, 2.45) is 5.41 Å². The Morgan fingerprint density at radius 2 is 2.21 bits per heavy atom. The fourth-order valence-electron chi connectivity index (χ4n) is 2.41. The molecule has 19 heavy (non-hydrogen) atoms. The number of nitrogens with one attached hydrogen (secondary N) is 1. The highest BCUT2D eigenvalue weighted by atomic mass is 79.9. The first-order valence-corrected chi connectivity index (χ1v) is 6.94. The average molecular weight is 330 g/mol. The van der Waals surface area contributed by atoms with Crippen molar-refractivity contribution in [2.75, 3.05) is 7.11 Å². The highest BCUT2D eigenvalue weighted by Gasteiger charge is 2.49. The Labute approximate surface area is 120 Å². The van der Waals surface area contributed by atoms with Crippen molar-refractivity contribution in [1.82, 2.24) is 5.32 Å². The molecule has 1 amide bonds. The van der Waals surface area contributed by atoms with Crippen LogP contribution in [0.1, 0.15) is 30.6 Å². The van der Waals surface area contributed by atoms with Crippen LogP contribution in [0, 0.1) is 11.2 Å². The number of hydrogen-bond acceptors (Lipinski definition) is 2. The summed E-state index contributed by atoms with van der Waals surface area (Å²) in [6.45, 7) is 4.11. The maximum absolute atomic E-state index is 13.4. The summed E-state index contributed by atoms with van der Waals surface area (Å²) >= 11 is 3.07. The second-order valence-electron chi connectivity index (χ2n) is 5.44. The predicted octanol–water partition coefficient (Wildman–Crippen LogP) is 3.13. The number of amides is 1. The van der Waals surface area contributed by atoms with Gasteiger partial charge >= 0.3 is 0 Å². The maximum Gasteiger partial charge on any atom is 0.251 e. The molecule has 0 aliphatic heterocycles. The van der Waals surface area contributed by atoms with E-state index in [1.807, 2.05) is 0 Å². The Morgan fingerprint density at radius 1 is 1.53 bits per heavy atom. The van der Waals surface area contributed by atoms with Gasteiger partial charge in [0, 0.05) is 24.1 Å². The van der Waals surface area contributed by atoms with Crippen molar-refractivity contribution in [3.05, 3.63) is 34.1 Å². The number of carbonyl (C=O) groups excluding carboxylic acids is 1. The number of rotatable bonds is 3. The average Bonchev–Trinajstić information content (AvgIpc) is 2.36. The molecule has 0 heterocycles. The first kappa shape index (κ1) is 14.5. The van der Waals surface area contributed by atoms with E-state index in [0.717, 1.165) is 6.42 Å². The largest absolute Gasteiger partial charge is 0.381 e. The third kappa shape index (κ3) is 2.67. The van der Waals surface area contributed by atoms with Crippen molar-refractivity contribution in [3.8, 4) is 0 Å². The number of methoxy groups -OCH3 is 1. The molecule has 1 N–H and O–H groups in total. The van der Waals surface area contributed by atoms with Crippen molar-refractivity contribution in [1.29, 1.82) is 0 Å². The minimum absolute atomic E-state index is 0.0525. The standard InChI is InChI=1S/C14H17BrFNO2/c1-14(2)11(7-12(14)19-3)17-13(18)8-4-5-9(15)10(16)6-8/h4-6,11-12H,7H2,1-3H3,(H,17,18). The first-order valence-electron chi connectivity index (χ1n) is 6.15. The molecule has 5 heteroatoms. The van der Waals surface area contributed by atoms with Gasteiger partial charge in [0.25, 0.3) is 5.91 Å². The molecule has 1 aromatic rings. The molecule has 3 nitrogen and oxygen atoms in total. The third-order valence-electron chi connectivity index (χ3n) is 3.95. The first-order chi connectivity index (χ1) is 8.86. The van der Waals surface area contributed by atoms with E-state index in [-0.39, 0.29) is 23.5 Å². The molecule has 1 aliphatic carbocycles. The van der Waals surface area contributed by atoms with Gasteiger partial charge in [0.2, 0.25) is 0 Å². The summed E-state index contributed by atoms with van der Waals surface area (Å²) in [5, 5.41) is 2.93. The van der Waals surface area contributed by atoms with Gasteiger partial charge in [0.05, 0.1) is 10.6 Å². The van der Waals surface area contributed by atoms with Crippen LogP contribution < -0.4 is 5.32 Å². The van der Waals surface area contributed by atoms with Crippen LogP contribution in [-0.4, -0.2) is 25.2 Å². The zero-order valence-electron chi connectivity index (χ0n) is 11.2. The number of halogens is 2. The molecule has 1 saturated carbocycles. The molecule has 0 spiro atoms. The summed E-state index contributed by atoms with van der Waals surface area (Å²) in [5.41, 5.74) is 0.232. The van der Waals surface area contributed by atoms with Gasteiger partial charge in [-0.2, -0.15) is 0 Å². The van der Waals surface area contributed by atoms with Gasteiger partial charge < -0.3 is 10.1 Å². The monoisotopic (exact) mass is 329 g/mol. The minimum atomic E-state index is -0.435.